The van der Waals surface area contributed by atoms with Crippen LogP contribution in [0.4, 0.5) is 8.78 Å². The summed E-state index contributed by atoms with van der Waals surface area (Å²) < 4.78 is 31.3. The maximum atomic E-state index is 13.1. The van der Waals surface area contributed by atoms with Crippen LogP contribution in [0.25, 0.3) is 0 Å². The number of carbonyl (C=O) groups excluding carboxylic acids is 1. The van der Waals surface area contributed by atoms with Gasteiger partial charge in [-0.3, -0.25) is 9.69 Å². The van der Waals surface area contributed by atoms with Crippen LogP contribution in [-0.4, -0.2) is 41.3 Å². The Kier molecular flexibility index (Phi) is 8.92. The summed E-state index contributed by atoms with van der Waals surface area (Å²) in [5, 5.41) is 0.365. The summed E-state index contributed by atoms with van der Waals surface area (Å²) in [7, 11) is 0. The van der Waals surface area contributed by atoms with Gasteiger partial charge in [-0.1, -0.05) is 61.4 Å². The van der Waals surface area contributed by atoms with Crippen molar-refractivity contribution in [3.8, 4) is 5.19 Å². The van der Waals surface area contributed by atoms with E-state index in [2.05, 4.69) is 28.9 Å². The number of aromatic nitrogens is 1. The molecule has 1 unspecified atom stereocenters. The average molecular weight is 505 g/mol. The van der Waals surface area contributed by atoms with Gasteiger partial charge < -0.3 is 4.74 Å². The van der Waals surface area contributed by atoms with Gasteiger partial charge in [-0.05, 0) is 55.5 Å². The molecule has 4 rings (SSSR count). The Balaban J connectivity index is 1.14. The van der Waals surface area contributed by atoms with E-state index in [1.54, 1.807) is 0 Å². The maximum Gasteiger partial charge on any atom is 0.278 e. The standard InChI is InChI=1S/C28H38F2N2O2S/c1-20(23-6-4-3-5-7-23)16-24(33)17-22-10-8-21(9-11-22)12-14-32-15-13-26-25(18-32)31-27(35-26)34-19-28(2,29)30/h3-7,20-22H,8-19H2,1-2H3. The van der Waals surface area contributed by atoms with E-state index in [0.717, 1.165) is 63.9 Å². The number of hydrogen-bond acceptors (Lipinski definition) is 5. The van der Waals surface area contributed by atoms with Gasteiger partial charge in [0.2, 0.25) is 0 Å². The second kappa shape index (κ2) is 11.9. The molecule has 1 fully saturated rings. The molecule has 0 spiro atoms. The van der Waals surface area contributed by atoms with E-state index in [-0.39, 0.29) is 5.92 Å². The molecule has 0 bridgehead atoms. The predicted octanol–water partition coefficient (Wildman–Crippen LogP) is 6.88. The van der Waals surface area contributed by atoms with Crippen molar-refractivity contribution >= 4 is 17.1 Å². The fourth-order valence-electron chi connectivity index (χ4n) is 5.41. The van der Waals surface area contributed by atoms with Crippen LogP contribution in [0.15, 0.2) is 30.3 Å². The molecule has 1 saturated carbocycles. The number of hydrogen-bond donors (Lipinski definition) is 0. The topological polar surface area (TPSA) is 42.4 Å². The van der Waals surface area contributed by atoms with Crippen molar-refractivity contribution in [2.45, 2.75) is 83.6 Å². The van der Waals surface area contributed by atoms with Gasteiger partial charge in [0.05, 0.1) is 5.69 Å². The zero-order valence-electron chi connectivity index (χ0n) is 21.0. The lowest BCUT2D eigenvalue weighted by Gasteiger charge is -2.31. The van der Waals surface area contributed by atoms with E-state index in [9.17, 15) is 13.6 Å². The Bertz CT molecular complexity index is 952. The molecular formula is C28H38F2N2O2S. The van der Waals surface area contributed by atoms with Crippen LogP contribution in [0.2, 0.25) is 0 Å². The van der Waals surface area contributed by atoms with Crippen molar-refractivity contribution in [3.63, 3.8) is 0 Å². The highest BCUT2D eigenvalue weighted by atomic mass is 32.1. The van der Waals surface area contributed by atoms with Gasteiger partial charge in [0.1, 0.15) is 5.78 Å². The second-order valence-corrected chi connectivity index (χ2v) is 11.7. The Hall–Kier alpha value is -1.86. The van der Waals surface area contributed by atoms with E-state index in [4.69, 9.17) is 4.74 Å². The van der Waals surface area contributed by atoms with E-state index in [0.29, 0.717) is 23.3 Å². The molecule has 1 aliphatic carbocycles. The highest BCUT2D eigenvalue weighted by Gasteiger charge is 2.27. The normalized spacial score (nSPS) is 21.9. The van der Waals surface area contributed by atoms with E-state index in [1.165, 1.54) is 41.0 Å². The monoisotopic (exact) mass is 504 g/mol. The van der Waals surface area contributed by atoms with Crippen molar-refractivity contribution in [1.82, 2.24) is 9.88 Å². The van der Waals surface area contributed by atoms with Crippen molar-refractivity contribution in [1.29, 1.82) is 0 Å². The highest BCUT2D eigenvalue weighted by molar-refractivity contribution is 7.13. The molecule has 2 aromatic rings. The van der Waals surface area contributed by atoms with Crippen LogP contribution in [0.3, 0.4) is 0 Å². The minimum absolute atomic E-state index is 0.290. The average Bonchev–Trinajstić information content (AvgIpc) is 3.25. The smallest absolute Gasteiger partial charge is 0.278 e. The van der Waals surface area contributed by atoms with Crippen molar-refractivity contribution < 1.29 is 18.3 Å². The number of Topliss-reactive ketones (excluding diaryl/α,β-unsaturated/α-hetero) is 1. The number of ketones is 1. The number of fused-ring (bicyclic) bond motifs is 1. The number of ether oxygens (including phenoxy) is 1. The first-order valence-corrected chi connectivity index (χ1v) is 13.8. The molecule has 1 atom stereocenters. The Labute approximate surface area is 212 Å². The molecule has 1 aromatic carbocycles. The summed E-state index contributed by atoms with van der Waals surface area (Å²) in [5.74, 6) is -0.873. The molecule has 192 valence electrons. The highest BCUT2D eigenvalue weighted by Crippen LogP contribution is 2.35. The third kappa shape index (κ3) is 8.07. The van der Waals surface area contributed by atoms with Crippen LogP contribution in [0, 0.1) is 11.8 Å². The molecule has 2 aliphatic rings. The summed E-state index contributed by atoms with van der Waals surface area (Å²) in [5.41, 5.74) is 2.24. The first kappa shape index (κ1) is 26.2. The number of alkyl halides is 2. The number of carbonyl (C=O) groups is 1. The summed E-state index contributed by atoms with van der Waals surface area (Å²) in [6.07, 6.45) is 8.22. The zero-order chi connectivity index (χ0) is 24.8. The molecular weight excluding hydrogens is 466 g/mol. The van der Waals surface area contributed by atoms with Crippen LogP contribution < -0.4 is 4.74 Å². The molecule has 4 nitrogen and oxygen atoms in total. The lowest BCUT2D eigenvalue weighted by atomic mass is 9.78. The molecule has 35 heavy (non-hydrogen) atoms. The molecule has 0 N–H and O–H groups in total. The van der Waals surface area contributed by atoms with Gasteiger partial charge in [-0.25, -0.2) is 13.8 Å². The summed E-state index contributed by atoms with van der Waals surface area (Å²) in [4.78, 5) is 20.7. The van der Waals surface area contributed by atoms with Crippen molar-refractivity contribution in [2.24, 2.45) is 11.8 Å². The Morgan fingerprint density at radius 1 is 1.20 bits per heavy atom. The van der Waals surface area contributed by atoms with E-state index >= 15 is 0 Å². The Morgan fingerprint density at radius 3 is 2.63 bits per heavy atom. The molecule has 0 saturated heterocycles. The van der Waals surface area contributed by atoms with E-state index < -0.39 is 12.5 Å². The molecule has 1 aliphatic heterocycles. The Morgan fingerprint density at radius 2 is 1.91 bits per heavy atom. The van der Waals surface area contributed by atoms with Gasteiger partial charge in [0.15, 0.2) is 6.61 Å². The van der Waals surface area contributed by atoms with E-state index in [1.807, 2.05) is 18.2 Å². The third-order valence-electron chi connectivity index (χ3n) is 7.47. The SMILES string of the molecule is CC(CC(=O)CC1CCC(CCN2CCc3sc(OCC(C)(F)F)nc3C2)CC1)c1ccccc1. The van der Waals surface area contributed by atoms with Crippen molar-refractivity contribution in [2.75, 3.05) is 19.7 Å². The first-order chi connectivity index (χ1) is 16.7. The van der Waals surface area contributed by atoms with Crippen LogP contribution in [0.1, 0.15) is 80.8 Å². The number of nitrogens with zero attached hydrogens (tertiary/aromatic N) is 2. The number of halogens is 2. The lowest BCUT2D eigenvalue weighted by Crippen LogP contribution is -2.32. The third-order valence-corrected chi connectivity index (χ3v) is 8.54. The largest absolute Gasteiger partial charge is 0.464 e. The molecule has 0 amide bonds. The van der Waals surface area contributed by atoms with Crippen LogP contribution >= 0.6 is 11.3 Å². The second-order valence-electron chi connectivity index (χ2n) is 10.7. The zero-order valence-corrected chi connectivity index (χ0v) is 21.8. The summed E-state index contributed by atoms with van der Waals surface area (Å²) in [6, 6.07) is 10.3. The minimum atomic E-state index is -2.84. The summed E-state index contributed by atoms with van der Waals surface area (Å²) in [6.45, 7) is 5.20. The molecule has 2 heterocycles. The fourth-order valence-corrected chi connectivity index (χ4v) is 6.31. The maximum absolute atomic E-state index is 13.1. The van der Waals surface area contributed by atoms with Crippen molar-refractivity contribution in [3.05, 3.63) is 46.5 Å². The lowest BCUT2D eigenvalue weighted by molar-refractivity contribution is -0.120. The van der Waals surface area contributed by atoms with Gasteiger partial charge in [0, 0.05) is 37.7 Å². The first-order valence-electron chi connectivity index (χ1n) is 13.0. The number of benzene rings is 1. The quantitative estimate of drug-likeness (QED) is 0.334. The number of rotatable bonds is 11. The van der Waals surface area contributed by atoms with Gasteiger partial charge in [-0.15, -0.1) is 0 Å². The summed E-state index contributed by atoms with van der Waals surface area (Å²) >= 11 is 1.41. The molecule has 0 radical (unpaired) electrons. The van der Waals surface area contributed by atoms with Gasteiger partial charge >= 0.3 is 0 Å². The molecule has 1 aromatic heterocycles. The van der Waals surface area contributed by atoms with Gasteiger partial charge in [-0.2, -0.15) is 0 Å². The predicted molar refractivity (Wildman–Crippen MR) is 136 cm³/mol. The molecule has 7 heteroatoms. The minimum Gasteiger partial charge on any atom is -0.464 e. The fraction of sp³-hybridized carbons (Fsp3) is 0.643. The van der Waals surface area contributed by atoms with Crippen LogP contribution in [0.5, 0.6) is 5.19 Å². The van der Waals surface area contributed by atoms with Crippen LogP contribution in [-0.2, 0) is 17.8 Å². The number of thiazole rings is 1. The van der Waals surface area contributed by atoms with Gasteiger partial charge in [0.25, 0.3) is 11.1 Å².